The standard InChI is InChI=1S/C25H20ClN3O7/c1-34-19-12-17(18(29(32)33)13-20(19)35-2)22-21-23(36-28(22)16-6-4-3-5-7-16)25(31)27(24(21)30)15-10-8-14(26)9-11-15/h3-13,21-23H,1-2H3. The highest BCUT2D eigenvalue weighted by Gasteiger charge is 2.61. The quantitative estimate of drug-likeness (QED) is 0.274. The largest absolute Gasteiger partial charge is 0.493 e. The lowest BCUT2D eigenvalue weighted by atomic mass is 9.89. The number of nitrogens with zero attached hydrogens (tertiary/aromatic N) is 3. The second kappa shape index (κ2) is 9.14. The van der Waals surface area contributed by atoms with E-state index in [1.54, 1.807) is 54.6 Å². The number of benzene rings is 3. The molecule has 2 aliphatic rings. The lowest BCUT2D eigenvalue weighted by molar-refractivity contribution is -0.385. The molecular formula is C25H20ClN3O7. The van der Waals surface area contributed by atoms with Crippen LogP contribution in [0, 0.1) is 16.0 Å². The van der Waals surface area contributed by atoms with Crippen molar-refractivity contribution in [2.75, 3.05) is 24.2 Å². The Morgan fingerprint density at radius 2 is 1.56 bits per heavy atom. The molecule has 10 nitrogen and oxygen atoms in total. The number of methoxy groups -OCH3 is 2. The third-order valence-electron chi connectivity index (χ3n) is 6.26. The SMILES string of the molecule is COc1cc(C2C3C(=O)N(c4ccc(Cl)cc4)C(=O)C3ON2c2ccccc2)c([N+](=O)[O-])cc1OC. The van der Waals surface area contributed by atoms with Gasteiger partial charge in [-0.05, 0) is 42.5 Å². The Kier molecular flexibility index (Phi) is 5.99. The molecule has 2 fully saturated rings. The van der Waals surface area contributed by atoms with Crippen LogP contribution in [0.1, 0.15) is 11.6 Å². The minimum absolute atomic E-state index is 0.146. The first-order valence-corrected chi connectivity index (χ1v) is 11.3. The summed E-state index contributed by atoms with van der Waals surface area (Å²) in [6.07, 6.45) is -1.19. The van der Waals surface area contributed by atoms with Crippen LogP contribution in [0.5, 0.6) is 11.5 Å². The van der Waals surface area contributed by atoms with Gasteiger partial charge in [-0.15, -0.1) is 0 Å². The summed E-state index contributed by atoms with van der Waals surface area (Å²) in [5, 5.41) is 14.0. The van der Waals surface area contributed by atoms with E-state index >= 15 is 0 Å². The maximum absolute atomic E-state index is 13.7. The number of hydrogen-bond acceptors (Lipinski definition) is 8. The average molecular weight is 510 g/mol. The second-order valence-electron chi connectivity index (χ2n) is 8.17. The van der Waals surface area contributed by atoms with Gasteiger partial charge in [-0.2, -0.15) is 0 Å². The molecule has 184 valence electrons. The van der Waals surface area contributed by atoms with E-state index in [2.05, 4.69) is 0 Å². The number of imide groups is 1. The molecule has 3 aromatic carbocycles. The van der Waals surface area contributed by atoms with Crippen LogP contribution in [0.2, 0.25) is 5.02 Å². The van der Waals surface area contributed by atoms with Crippen LogP contribution in [0.4, 0.5) is 17.1 Å². The van der Waals surface area contributed by atoms with Crippen molar-refractivity contribution >= 4 is 40.5 Å². The van der Waals surface area contributed by atoms with E-state index in [4.69, 9.17) is 25.9 Å². The van der Waals surface area contributed by atoms with Crippen molar-refractivity contribution in [1.29, 1.82) is 0 Å². The number of rotatable bonds is 6. The van der Waals surface area contributed by atoms with Crippen molar-refractivity contribution in [2.24, 2.45) is 5.92 Å². The maximum atomic E-state index is 13.7. The van der Waals surface area contributed by atoms with Crippen molar-refractivity contribution in [3.05, 3.63) is 87.4 Å². The topological polar surface area (TPSA) is 111 Å². The predicted octanol–water partition coefficient (Wildman–Crippen LogP) is 4.32. The summed E-state index contributed by atoms with van der Waals surface area (Å²) in [6.45, 7) is 0. The number of nitro groups is 1. The van der Waals surface area contributed by atoms with Crippen molar-refractivity contribution < 1.29 is 28.8 Å². The fourth-order valence-electron chi connectivity index (χ4n) is 4.65. The summed E-state index contributed by atoms with van der Waals surface area (Å²) in [5.41, 5.74) is 0.708. The Labute approximate surface area is 210 Å². The number of halogens is 1. The zero-order chi connectivity index (χ0) is 25.6. The third kappa shape index (κ3) is 3.71. The Morgan fingerprint density at radius 1 is 0.917 bits per heavy atom. The van der Waals surface area contributed by atoms with Crippen LogP contribution in [0.3, 0.4) is 0 Å². The Morgan fingerprint density at radius 3 is 2.17 bits per heavy atom. The van der Waals surface area contributed by atoms with Crippen molar-refractivity contribution in [2.45, 2.75) is 12.1 Å². The van der Waals surface area contributed by atoms with E-state index in [1.165, 1.54) is 31.4 Å². The summed E-state index contributed by atoms with van der Waals surface area (Å²) >= 11 is 5.97. The number of para-hydroxylation sites is 1. The summed E-state index contributed by atoms with van der Waals surface area (Å²) in [4.78, 5) is 45.8. The highest BCUT2D eigenvalue weighted by atomic mass is 35.5. The molecule has 2 saturated heterocycles. The molecule has 0 N–H and O–H groups in total. The highest BCUT2D eigenvalue weighted by molar-refractivity contribution is 6.31. The minimum atomic E-state index is -1.19. The maximum Gasteiger partial charge on any atom is 0.278 e. The van der Waals surface area contributed by atoms with E-state index < -0.39 is 34.8 Å². The van der Waals surface area contributed by atoms with Gasteiger partial charge in [0, 0.05) is 5.02 Å². The summed E-state index contributed by atoms with van der Waals surface area (Å²) in [5.74, 6) is -1.78. The fraction of sp³-hybridized carbons (Fsp3) is 0.200. The van der Waals surface area contributed by atoms with Crippen molar-refractivity contribution in [3.8, 4) is 11.5 Å². The van der Waals surface area contributed by atoms with Gasteiger partial charge in [-0.3, -0.25) is 24.5 Å². The van der Waals surface area contributed by atoms with Gasteiger partial charge in [0.2, 0.25) is 5.91 Å². The van der Waals surface area contributed by atoms with Gasteiger partial charge < -0.3 is 9.47 Å². The van der Waals surface area contributed by atoms with Crippen molar-refractivity contribution in [1.82, 2.24) is 0 Å². The number of carbonyl (C=O) groups excluding carboxylic acids is 2. The number of fused-ring (bicyclic) bond motifs is 1. The molecule has 2 amide bonds. The van der Waals surface area contributed by atoms with E-state index in [0.717, 1.165) is 4.90 Å². The second-order valence-corrected chi connectivity index (χ2v) is 8.61. The number of anilines is 2. The van der Waals surface area contributed by atoms with E-state index in [1.807, 2.05) is 0 Å². The van der Waals surface area contributed by atoms with Crippen LogP contribution >= 0.6 is 11.6 Å². The predicted molar refractivity (Wildman–Crippen MR) is 130 cm³/mol. The smallest absolute Gasteiger partial charge is 0.278 e. The lowest BCUT2D eigenvalue weighted by Crippen LogP contribution is -2.37. The van der Waals surface area contributed by atoms with Gasteiger partial charge in [0.05, 0.1) is 42.1 Å². The molecule has 5 rings (SSSR count). The molecule has 3 unspecified atom stereocenters. The summed E-state index contributed by atoms with van der Waals surface area (Å²) < 4.78 is 10.6. The molecular weight excluding hydrogens is 490 g/mol. The molecule has 0 bridgehead atoms. The number of ether oxygens (including phenoxy) is 2. The Hall–Kier alpha value is -4.15. The minimum Gasteiger partial charge on any atom is -0.493 e. The van der Waals surface area contributed by atoms with Crippen molar-refractivity contribution in [3.63, 3.8) is 0 Å². The number of carbonyl (C=O) groups is 2. The van der Waals surface area contributed by atoms with Gasteiger partial charge >= 0.3 is 0 Å². The van der Waals surface area contributed by atoms with Crippen LogP contribution in [0.25, 0.3) is 0 Å². The highest BCUT2D eigenvalue weighted by Crippen LogP contribution is 2.51. The first-order valence-electron chi connectivity index (χ1n) is 10.9. The number of hydrogen-bond donors (Lipinski definition) is 0. The van der Waals surface area contributed by atoms with Crippen LogP contribution < -0.4 is 19.4 Å². The van der Waals surface area contributed by atoms with Gasteiger partial charge in [-0.1, -0.05) is 29.8 Å². The normalized spacial score (nSPS) is 21.0. The Balaban J connectivity index is 1.68. The molecule has 11 heteroatoms. The van der Waals surface area contributed by atoms with E-state index in [-0.39, 0.29) is 22.7 Å². The third-order valence-corrected chi connectivity index (χ3v) is 6.51. The van der Waals surface area contributed by atoms with E-state index in [0.29, 0.717) is 16.4 Å². The molecule has 2 heterocycles. The van der Waals surface area contributed by atoms with Gasteiger partial charge in [0.15, 0.2) is 17.6 Å². The first kappa shape index (κ1) is 23.6. The molecule has 0 radical (unpaired) electrons. The Bertz CT molecular complexity index is 1350. The molecule has 3 atom stereocenters. The summed E-state index contributed by atoms with van der Waals surface area (Å²) in [7, 11) is 2.78. The zero-order valence-corrected chi connectivity index (χ0v) is 19.9. The first-order chi connectivity index (χ1) is 17.3. The fourth-order valence-corrected chi connectivity index (χ4v) is 4.78. The number of amides is 2. The van der Waals surface area contributed by atoms with Crippen LogP contribution in [-0.4, -0.2) is 37.1 Å². The van der Waals surface area contributed by atoms with Gasteiger partial charge in [0.1, 0.15) is 12.0 Å². The van der Waals surface area contributed by atoms with Crippen LogP contribution in [-0.2, 0) is 14.4 Å². The molecule has 2 aliphatic heterocycles. The van der Waals surface area contributed by atoms with Gasteiger partial charge in [0.25, 0.3) is 11.6 Å². The molecule has 3 aromatic rings. The van der Waals surface area contributed by atoms with E-state index in [9.17, 15) is 19.7 Å². The molecule has 0 aromatic heterocycles. The number of nitro benzene ring substituents is 1. The molecule has 0 spiro atoms. The lowest BCUT2D eigenvalue weighted by Gasteiger charge is -2.29. The van der Waals surface area contributed by atoms with Crippen LogP contribution in [0.15, 0.2) is 66.7 Å². The zero-order valence-electron chi connectivity index (χ0n) is 19.2. The monoisotopic (exact) mass is 509 g/mol. The molecule has 0 saturated carbocycles. The average Bonchev–Trinajstić information content (AvgIpc) is 3.40. The summed E-state index contributed by atoms with van der Waals surface area (Å²) in [6, 6.07) is 16.7. The molecule has 0 aliphatic carbocycles. The van der Waals surface area contributed by atoms with Gasteiger partial charge in [-0.25, -0.2) is 9.96 Å². The molecule has 36 heavy (non-hydrogen) atoms. The number of hydroxylamine groups is 1.